The van der Waals surface area contributed by atoms with E-state index >= 15 is 0 Å². The summed E-state index contributed by atoms with van der Waals surface area (Å²) in [6, 6.07) is 8.33. The second kappa shape index (κ2) is 8.31. The van der Waals surface area contributed by atoms with Gasteiger partial charge >= 0.3 is 0 Å². The van der Waals surface area contributed by atoms with Crippen molar-refractivity contribution in [2.24, 2.45) is 11.1 Å². The molecule has 3 rings (SSSR count). The van der Waals surface area contributed by atoms with Crippen molar-refractivity contribution in [3.8, 4) is 6.07 Å². The van der Waals surface area contributed by atoms with Crippen LogP contribution < -0.4 is 5.73 Å². The Morgan fingerprint density at radius 1 is 1.18 bits per heavy atom. The van der Waals surface area contributed by atoms with E-state index in [9.17, 15) is 0 Å². The zero-order valence-electron chi connectivity index (χ0n) is 14.8. The zero-order chi connectivity index (χ0) is 16.8. The average Bonchev–Trinajstić information content (AvgIpc) is 2.86. The van der Waals surface area contributed by atoms with Crippen LogP contribution in [0.25, 0.3) is 0 Å². The second-order valence-electron chi connectivity index (χ2n) is 5.85. The van der Waals surface area contributed by atoms with Gasteiger partial charge in [0.1, 0.15) is 0 Å². The molecule has 3 heteroatoms. The van der Waals surface area contributed by atoms with Gasteiger partial charge in [-0.1, -0.05) is 33.8 Å². The summed E-state index contributed by atoms with van der Waals surface area (Å²) in [6.45, 7) is 10.3. The van der Waals surface area contributed by atoms with E-state index in [1.165, 1.54) is 24.0 Å². The molecule has 0 aromatic heterocycles. The molecule has 2 N–H and O–H groups in total. The van der Waals surface area contributed by atoms with Crippen LogP contribution in [0, 0.1) is 16.7 Å². The molecule has 1 fully saturated rings. The van der Waals surface area contributed by atoms with E-state index in [1.54, 1.807) is 0 Å². The highest BCUT2D eigenvalue weighted by molar-refractivity contribution is 5.44. The Bertz CT molecular complexity index is 508. The summed E-state index contributed by atoms with van der Waals surface area (Å²) in [6.07, 6.45) is 3.42. The highest BCUT2D eigenvalue weighted by Gasteiger charge is 2.45. The average molecular weight is 301 g/mol. The van der Waals surface area contributed by atoms with Crippen LogP contribution in [0.5, 0.6) is 0 Å². The Hall–Kier alpha value is -1.37. The van der Waals surface area contributed by atoms with Crippen molar-refractivity contribution in [2.45, 2.75) is 53.0 Å². The summed E-state index contributed by atoms with van der Waals surface area (Å²) in [7, 11) is 2.17. The predicted molar refractivity (Wildman–Crippen MR) is 93.6 cm³/mol. The Morgan fingerprint density at radius 2 is 1.77 bits per heavy atom. The SMILES string of the molecule is CC.CC.CN1CCC2(CC1)Cc1ccc(C#N)cc1[C@@H]2N. The van der Waals surface area contributed by atoms with E-state index in [0.29, 0.717) is 0 Å². The summed E-state index contributed by atoms with van der Waals surface area (Å²) in [5.74, 6) is 0. The summed E-state index contributed by atoms with van der Waals surface area (Å²) in [5, 5.41) is 8.99. The quantitative estimate of drug-likeness (QED) is 0.791. The molecule has 122 valence electrons. The van der Waals surface area contributed by atoms with Gasteiger partial charge in [0.2, 0.25) is 0 Å². The van der Waals surface area contributed by atoms with Gasteiger partial charge in [-0.05, 0) is 68.1 Å². The third kappa shape index (κ3) is 3.51. The molecule has 1 heterocycles. The minimum atomic E-state index is 0.106. The fourth-order valence-electron chi connectivity index (χ4n) is 3.49. The first-order valence-electron chi connectivity index (χ1n) is 8.62. The molecule has 0 amide bonds. The highest BCUT2D eigenvalue weighted by atomic mass is 15.1. The summed E-state index contributed by atoms with van der Waals surface area (Å²) in [4.78, 5) is 2.38. The molecule has 1 spiro atoms. The molecule has 22 heavy (non-hydrogen) atoms. The molecule has 1 aromatic rings. The maximum absolute atomic E-state index is 8.99. The molecule has 0 saturated carbocycles. The molecule has 0 bridgehead atoms. The minimum absolute atomic E-state index is 0.106. The number of hydrogen-bond donors (Lipinski definition) is 1. The maximum Gasteiger partial charge on any atom is 0.0991 e. The number of fused-ring (bicyclic) bond motifs is 1. The topological polar surface area (TPSA) is 53.0 Å². The zero-order valence-corrected chi connectivity index (χ0v) is 14.8. The first-order valence-corrected chi connectivity index (χ1v) is 8.62. The van der Waals surface area contributed by atoms with Gasteiger partial charge in [0.05, 0.1) is 11.6 Å². The number of hydrogen-bond acceptors (Lipinski definition) is 3. The highest BCUT2D eigenvalue weighted by Crippen LogP contribution is 2.50. The molecule has 1 aliphatic heterocycles. The molecular weight excluding hydrogens is 270 g/mol. The van der Waals surface area contributed by atoms with Gasteiger partial charge in [-0.3, -0.25) is 0 Å². The summed E-state index contributed by atoms with van der Waals surface area (Å²) in [5.41, 5.74) is 10.0. The summed E-state index contributed by atoms with van der Waals surface area (Å²) < 4.78 is 0. The van der Waals surface area contributed by atoms with E-state index in [2.05, 4.69) is 24.1 Å². The van der Waals surface area contributed by atoms with Gasteiger partial charge in [0, 0.05) is 6.04 Å². The molecule has 2 aliphatic rings. The molecule has 0 radical (unpaired) electrons. The van der Waals surface area contributed by atoms with E-state index in [-0.39, 0.29) is 11.5 Å². The fraction of sp³-hybridized carbons (Fsp3) is 0.632. The smallest absolute Gasteiger partial charge is 0.0991 e. The lowest BCUT2D eigenvalue weighted by molar-refractivity contribution is 0.106. The van der Waals surface area contributed by atoms with Crippen LogP contribution in [-0.4, -0.2) is 25.0 Å². The van der Waals surface area contributed by atoms with Crippen LogP contribution in [0.15, 0.2) is 18.2 Å². The molecule has 3 nitrogen and oxygen atoms in total. The molecule has 1 atom stereocenters. The van der Waals surface area contributed by atoms with Crippen LogP contribution in [0.4, 0.5) is 0 Å². The number of nitriles is 1. The number of likely N-dealkylation sites (tertiary alicyclic amines) is 1. The molecule has 1 aliphatic carbocycles. The van der Waals surface area contributed by atoms with Gasteiger partial charge in [0.15, 0.2) is 0 Å². The lowest BCUT2D eigenvalue weighted by Crippen LogP contribution is -2.42. The van der Waals surface area contributed by atoms with Crippen molar-refractivity contribution in [1.29, 1.82) is 5.26 Å². The van der Waals surface area contributed by atoms with Crippen LogP contribution in [-0.2, 0) is 6.42 Å². The molecule has 1 saturated heterocycles. The normalized spacial score (nSPS) is 21.8. The monoisotopic (exact) mass is 301 g/mol. The maximum atomic E-state index is 8.99. The van der Waals surface area contributed by atoms with Gasteiger partial charge in [-0.15, -0.1) is 0 Å². The second-order valence-corrected chi connectivity index (χ2v) is 5.85. The van der Waals surface area contributed by atoms with Crippen molar-refractivity contribution in [3.05, 3.63) is 34.9 Å². The van der Waals surface area contributed by atoms with Crippen molar-refractivity contribution >= 4 is 0 Å². The van der Waals surface area contributed by atoms with Gasteiger partial charge in [-0.25, -0.2) is 0 Å². The van der Waals surface area contributed by atoms with Gasteiger partial charge < -0.3 is 10.6 Å². The predicted octanol–water partition coefficient (Wildman–Crippen LogP) is 3.88. The Morgan fingerprint density at radius 3 is 2.32 bits per heavy atom. The Labute approximate surface area is 136 Å². The number of nitrogens with zero attached hydrogens (tertiary/aromatic N) is 2. The van der Waals surface area contributed by atoms with Crippen LogP contribution in [0.3, 0.4) is 0 Å². The third-order valence-electron chi connectivity index (χ3n) is 4.80. The van der Waals surface area contributed by atoms with E-state index in [4.69, 9.17) is 11.0 Å². The van der Waals surface area contributed by atoms with E-state index in [1.807, 2.05) is 39.8 Å². The van der Waals surface area contributed by atoms with Crippen molar-refractivity contribution in [2.75, 3.05) is 20.1 Å². The Balaban J connectivity index is 0.000000561. The number of piperidine rings is 1. The number of rotatable bonds is 0. The van der Waals surface area contributed by atoms with Crippen molar-refractivity contribution in [1.82, 2.24) is 4.90 Å². The van der Waals surface area contributed by atoms with E-state index in [0.717, 1.165) is 25.1 Å². The molecular formula is C19H31N3. The fourth-order valence-corrected chi connectivity index (χ4v) is 3.49. The van der Waals surface area contributed by atoms with Gasteiger partial charge in [-0.2, -0.15) is 5.26 Å². The first-order chi connectivity index (χ1) is 10.6. The number of benzene rings is 1. The van der Waals surface area contributed by atoms with Crippen LogP contribution in [0.1, 0.15) is 63.3 Å². The molecule has 1 aromatic carbocycles. The van der Waals surface area contributed by atoms with E-state index < -0.39 is 0 Å². The summed E-state index contributed by atoms with van der Waals surface area (Å²) >= 11 is 0. The third-order valence-corrected chi connectivity index (χ3v) is 4.80. The lowest BCUT2D eigenvalue weighted by atomic mass is 9.73. The van der Waals surface area contributed by atoms with Crippen LogP contribution in [0.2, 0.25) is 0 Å². The number of nitrogens with two attached hydrogens (primary N) is 1. The minimum Gasteiger partial charge on any atom is -0.323 e. The lowest BCUT2D eigenvalue weighted by Gasteiger charge is -2.41. The Kier molecular flexibility index (Phi) is 7.06. The van der Waals surface area contributed by atoms with Crippen molar-refractivity contribution < 1.29 is 0 Å². The van der Waals surface area contributed by atoms with Gasteiger partial charge in [0.25, 0.3) is 0 Å². The standard InChI is InChI=1S/C15H19N3.2C2H6/c1-18-6-4-15(5-7-18)9-12-3-2-11(10-16)8-13(12)14(15)17;2*1-2/h2-3,8,14H,4-7,9,17H2,1H3;2*1-2H3/t14-;;/m0../s1. The first kappa shape index (κ1) is 18.7. The molecule has 0 unspecified atom stereocenters. The van der Waals surface area contributed by atoms with Crippen molar-refractivity contribution in [3.63, 3.8) is 0 Å². The largest absolute Gasteiger partial charge is 0.323 e. The van der Waals surface area contributed by atoms with Crippen LogP contribution >= 0.6 is 0 Å².